The van der Waals surface area contributed by atoms with Gasteiger partial charge in [0.1, 0.15) is 0 Å². The maximum Gasteiger partial charge on any atom is 0.201 e. The van der Waals surface area contributed by atoms with Crippen molar-refractivity contribution < 1.29 is 17.9 Å². The summed E-state index contributed by atoms with van der Waals surface area (Å²) in [6.07, 6.45) is 4.39. The van der Waals surface area contributed by atoms with E-state index in [-0.39, 0.29) is 17.9 Å². The van der Waals surface area contributed by atoms with Crippen LogP contribution in [0.4, 0.5) is 13.2 Å². The molecular formula is C20H21F3O. The molecule has 128 valence electrons. The summed E-state index contributed by atoms with van der Waals surface area (Å²) in [6, 6.07) is 10.3. The molecule has 1 nitrogen and oxygen atoms in total. The van der Waals surface area contributed by atoms with Gasteiger partial charge in [0, 0.05) is 5.56 Å². The predicted octanol–water partition coefficient (Wildman–Crippen LogP) is 5.88. The second kappa shape index (κ2) is 9.16. The maximum atomic E-state index is 14.3. The van der Waals surface area contributed by atoms with Crippen molar-refractivity contribution >= 4 is 0 Å². The lowest BCUT2D eigenvalue weighted by molar-refractivity contribution is 0.280. The zero-order valence-electron chi connectivity index (χ0n) is 13.5. The SMILES string of the molecule is C=CCCc1ccc(-c2ccc(OCCCCF)c(F)c2F)cc1. The van der Waals surface area contributed by atoms with E-state index >= 15 is 0 Å². The molecule has 2 rings (SSSR count). The third-order valence-electron chi connectivity index (χ3n) is 3.73. The molecule has 0 radical (unpaired) electrons. The van der Waals surface area contributed by atoms with Crippen LogP contribution in [0.3, 0.4) is 0 Å². The van der Waals surface area contributed by atoms with Crippen LogP contribution >= 0.6 is 0 Å². The van der Waals surface area contributed by atoms with E-state index in [2.05, 4.69) is 6.58 Å². The van der Waals surface area contributed by atoms with Gasteiger partial charge in [-0.15, -0.1) is 6.58 Å². The molecule has 0 aliphatic heterocycles. The van der Waals surface area contributed by atoms with Crippen LogP contribution in [0.1, 0.15) is 24.8 Å². The van der Waals surface area contributed by atoms with Gasteiger partial charge in [0.2, 0.25) is 5.82 Å². The minimum absolute atomic E-state index is 0.141. The van der Waals surface area contributed by atoms with Crippen molar-refractivity contribution in [2.75, 3.05) is 13.3 Å². The molecule has 0 saturated carbocycles. The van der Waals surface area contributed by atoms with E-state index in [4.69, 9.17) is 4.74 Å². The summed E-state index contributed by atoms with van der Waals surface area (Å²) in [5.41, 5.74) is 1.92. The summed E-state index contributed by atoms with van der Waals surface area (Å²) in [4.78, 5) is 0. The first-order valence-electron chi connectivity index (χ1n) is 8.04. The van der Waals surface area contributed by atoms with Gasteiger partial charge in [-0.3, -0.25) is 4.39 Å². The summed E-state index contributed by atoms with van der Waals surface area (Å²) in [5, 5.41) is 0. The highest BCUT2D eigenvalue weighted by atomic mass is 19.2. The molecule has 0 N–H and O–H groups in total. The minimum Gasteiger partial charge on any atom is -0.490 e. The van der Waals surface area contributed by atoms with E-state index in [1.54, 1.807) is 12.1 Å². The summed E-state index contributed by atoms with van der Waals surface area (Å²) >= 11 is 0. The summed E-state index contributed by atoms with van der Waals surface area (Å²) in [6.45, 7) is 3.40. The van der Waals surface area contributed by atoms with Gasteiger partial charge in [-0.2, -0.15) is 4.39 Å². The number of allylic oxidation sites excluding steroid dienone is 1. The molecule has 4 heteroatoms. The van der Waals surface area contributed by atoms with Gasteiger partial charge in [0.25, 0.3) is 0 Å². The van der Waals surface area contributed by atoms with E-state index in [0.29, 0.717) is 18.4 Å². The minimum atomic E-state index is -1.01. The fourth-order valence-electron chi connectivity index (χ4n) is 2.36. The zero-order valence-corrected chi connectivity index (χ0v) is 13.5. The Morgan fingerprint density at radius 2 is 1.71 bits per heavy atom. The van der Waals surface area contributed by atoms with Gasteiger partial charge < -0.3 is 4.74 Å². The Balaban J connectivity index is 2.13. The number of hydrogen-bond donors (Lipinski definition) is 0. The van der Waals surface area contributed by atoms with E-state index in [9.17, 15) is 13.2 Å². The average Bonchev–Trinajstić information content (AvgIpc) is 2.61. The molecule has 2 aromatic carbocycles. The van der Waals surface area contributed by atoms with Crippen molar-refractivity contribution in [1.29, 1.82) is 0 Å². The van der Waals surface area contributed by atoms with E-state index < -0.39 is 18.3 Å². The molecule has 0 fully saturated rings. The maximum absolute atomic E-state index is 14.3. The van der Waals surface area contributed by atoms with Crippen molar-refractivity contribution in [3.05, 3.63) is 66.3 Å². The van der Waals surface area contributed by atoms with Crippen LogP contribution in [0.2, 0.25) is 0 Å². The average molecular weight is 334 g/mol. The molecule has 0 spiro atoms. The van der Waals surface area contributed by atoms with Crippen LogP contribution in [0.15, 0.2) is 49.1 Å². The standard InChI is InChI=1S/C20H21F3O/c1-2-3-6-15-7-9-16(10-8-15)17-11-12-18(20(23)19(17)22)24-14-5-4-13-21/h2,7-12H,1,3-6,13-14H2. The topological polar surface area (TPSA) is 9.23 Å². The number of hydrogen-bond acceptors (Lipinski definition) is 1. The highest BCUT2D eigenvalue weighted by Crippen LogP contribution is 2.30. The lowest BCUT2D eigenvalue weighted by atomic mass is 10.0. The Bertz CT molecular complexity index is 665. The molecule has 24 heavy (non-hydrogen) atoms. The number of aryl methyl sites for hydroxylation is 1. The number of unbranched alkanes of at least 4 members (excludes halogenated alkanes) is 1. The molecule has 0 heterocycles. The Morgan fingerprint density at radius 1 is 0.958 bits per heavy atom. The molecule has 0 bridgehead atoms. The van der Waals surface area contributed by atoms with Crippen LogP contribution in [-0.4, -0.2) is 13.3 Å². The highest BCUT2D eigenvalue weighted by molar-refractivity contribution is 5.65. The molecule has 0 atom stereocenters. The van der Waals surface area contributed by atoms with Crippen molar-refractivity contribution in [3.8, 4) is 16.9 Å². The first-order chi connectivity index (χ1) is 11.7. The Hall–Kier alpha value is -2.23. The van der Waals surface area contributed by atoms with Crippen LogP contribution in [-0.2, 0) is 6.42 Å². The van der Waals surface area contributed by atoms with Crippen molar-refractivity contribution in [2.24, 2.45) is 0 Å². The summed E-state index contributed by atoms with van der Waals surface area (Å²) in [5.74, 6) is -2.09. The molecule has 0 amide bonds. The van der Waals surface area contributed by atoms with E-state index in [0.717, 1.165) is 18.4 Å². The van der Waals surface area contributed by atoms with Crippen LogP contribution in [0, 0.1) is 11.6 Å². The lowest BCUT2D eigenvalue weighted by Gasteiger charge is -2.10. The quantitative estimate of drug-likeness (QED) is 0.411. The number of halogens is 3. The van der Waals surface area contributed by atoms with Crippen molar-refractivity contribution in [1.82, 2.24) is 0 Å². The van der Waals surface area contributed by atoms with Crippen LogP contribution < -0.4 is 4.74 Å². The third kappa shape index (κ3) is 4.63. The molecule has 0 aromatic heterocycles. The van der Waals surface area contributed by atoms with Gasteiger partial charge in [-0.1, -0.05) is 30.3 Å². The predicted molar refractivity (Wildman–Crippen MR) is 91.0 cm³/mol. The van der Waals surface area contributed by atoms with Gasteiger partial charge >= 0.3 is 0 Å². The normalized spacial score (nSPS) is 10.6. The fraction of sp³-hybridized carbons (Fsp3) is 0.300. The van der Waals surface area contributed by atoms with Crippen LogP contribution in [0.5, 0.6) is 5.75 Å². The number of benzene rings is 2. The smallest absolute Gasteiger partial charge is 0.201 e. The number of ether oxygens (including phenoxy) is 1. The Labute approximate surface area is 140 Å². The first kappa shape index (κ1) is 18.1. The molecular weight excluding hydrogens is 313 g/mol. The van der Waals surface area contributed by atoms with E-state index in [1.807, 2.05) is 18.2 Å². The number of alkyl halides is 1. The molecule has 0 aliphatic rings. The molecule has 0 saturated heterocycles. The summed E-state index contributed by atoms with van der Waals surface area (Å²) < 4.78 is 45.6. The highest BCUT2D eigenvalue weighted by Gasteiger charge is 2.15. The number of rotatable bonds is 9. The van der Waals surface area contributed by atoms with Gasteiger partial charge in [-0.25, -0.2) is 4.39 Å². The van der Waals surface area contributed by atoms with Crippen molar-refractivity contribution in [3.63, 3.8) is 0 Å². The molecule has 0 unspecified atom stereocenters. The molecule has 2 aromatic rings. The third-order valence-corrected chi connectivity index (χ3v) is 3.73. The Morgan fingerprint density at radius 3 is 2.38 bits per heavy atom. The van der Waals surface area contributed by atoms with E-state index in [1.165, 1.54) is 12.1 Å². The second-order valence-corrected chi connectivity index (χ2v) is 5.51. The van der Waals surface area contributed by atoms with Gasteiger partial charge in [0.05, 0.1) is 13.3 Å². The monoisotopic (exact) mass is 334 g/mol. The fourth-order valence-corrected chi connectivity index (χ4v) is 2.36. The van der Waals surface area contributed by atoms with Crippen LogP contribution in [0.25, 0.3) is 11.1 Å². The van der Waals surface area contributed by atoms with Gasteiger partial charge in [-0.05, 0) is 48.9 Å². The van der Waals surface area contributed by atoms with Gasteiger partial charge in [0.15, 0.2) is 11.6 Å². The lowest BCUT2D eigenvalue weighted by Crippen LogP contribution is -2.02. The zero-order chi connectivity index (χ0) is 17.4. The summed E-state index contributed by atoms with van der Waals surface area (Å²) in [7, 11) is 0. The van der Waals surface area contributed by atoms with Crippen molar-refractivity contribution in [2.45, 2.75) is 25.7 Å². The molecule has 0 aliphatic carbocycles. The Kier molecular flexibility index (Phi) is 6.91. The first-order valence-corrected chi connectivity index (χ1v) is 8.04. The second-order valence-electron chi connectivity index (χ2n) is 5.51. The largest absolute Gasteiger partial charge is 0.490 e.